The van der Waals surface area contributed by atoms with Gasteiger partial charge in [0.15, 0.2) is 0 Å². The fourth-order valence-electron chi connectivity index (χ4n) is 3.39. The predicted octanol–water partition coefficient (Wildman–Crippen LogP) is 3.59. The van der Waals surface area contributed by atoms with Gasteiger partial charge in [-0.2, -0.15) is 0 Å². The summed E-state index contributed by atoms with van der Waals surface area (Å²) in [5.74, 6) is -1.29. The molecule has 0 aliphatic carbocycles. The van der Waals surface area contributed by atoms with Gasteiger partial charge in [-0.05, 0) is 36.9 Å². The molecule has 0 saturated carbocycles. The summed E-state index contributed by atoms with van der Waals surface area (Å²) >= 11 is 0.684. The van der Waals surface area contributed by atoms with Crippen LogP contribution in [0.25, 0.3) is 5.57 Å². The normalized spacial score (nSPS) is 18.5. The lowest BCUT2D eigenvalue weighted by Gasteiger charge is -2.16. The number of carbonyl (C=O) groups excluding carboxylic acids is 4. The van der Waals surface area contributed by atoms with Gasteiger partial charge in [0.25, 0.3) is 17.1 Å². The number of amides is 4. The van der Waals surface area contributed by atoms with Gasteiger partial charge < -0.3 is 4.74 Å². The van der Waals surface area contributed by atoms with Crippen molar-refractivity contribution in [1.82, 2.24) is 0 Å². The molecule has 0 bridgehead atoms. The first-order chi connectivity index (χ1) is 14.0. The Morgan fingerprint density at radius 2 is 1.62 bits per heavy atom. The van der Waals surface area contributed by atoms with E-state index in [0.717, 1.165) is 9.80 Å². The zero-order valence-corrected chi connectivity index (χ0v) is 16.5. The van der Waals surface area contributed by atoms with E-state index in [1.807, 2.05) is 0 Å². The molecule has 2 aromatic rings. The largest absolute Gasteiger partial charge is 0.492 e. The number of fused-ring (bicyclic) bond motifs is 1. The second kappa shape index (κ2) is 7.21. The third-order valence-corrected chi connectivity index (χ3v) is 5.49. The lowest BCUT2D eigenvalue weighted by atomic mass is 10.1. The van der Waals surface area contributed by atoms with Crippen molar-refractivity contribution >= 4 is 51.7 Å². The predicted molar refractivity (Wildman–Crippen MR) is 110 cm³/mol. The van der Waals surface area contributed by atoms with Gasteiger partial charge in [-0.3, -0.25) is 19.2 Å². The summed E-state index contributed by atoms with van der Waals surface area (Å²) in [5.41, 5.74) is 1.24. The summed E-state index contributed by atoms with van der Waals surface area (Å²) in [5, 5.41) is -0.531. The summed E-state index contributed by atoms with van der Waals surface area (Å²) in [6.45, 7) is 3.45. The number of thioether (sulfide) groups is 1. The number of imide groups is 2. The standard InChI is InChI=1S/C21H16N2O5S/c1-3-28-16-11-7-6-10-15(16)23-20(26)18(29-21(23)27)17-13-8-4-5-9-14(13)22(12(2)24)19(17)25/h4-11H,3H2,1-2H3/b18-17-. The number of rotatable bonds is 3. The average molecular weight is 408 g/mol. The number of ether oxygens (including phenoxy) is 1. The molecule has 1 fully saturated rings. The second-order valence-corrected chi connectivity index (χ2v) is 7.25. The van der Waals surface area contributed by atoms with Crippen molar-refractivity contribution in [2.75, 3.05) is 16.4 Å². The van der Waals surface area contributed by atoms with Crippen molar-refractivity contribution in [2.24, 2.45) is 0 Å². The molecule has 0 spiro atoms. The molecule has 2 heterocycles. The fraction of sp³-hybridized carbons (Fsp3) is 0.143. The SMILES string of the molecule is CCOc1ccccc1N1C(=O)S/C(=C2\C(=O)N(C(C)=O)c3ccccc32)C1=O. The van der Waals surface area contributed by atoms with E-state index in [-0.39, 0.29) is 10.5 Å². The Labute approximate surface area is 170 Å². The van der Waals surface area contributed by atoms with Gasteiger partial charge in [0.05, 0.1) is 28.5 Å². The molecular weight excluding hydrogens is 392 g/mol. The molecule has 1 saturated heterocycles. The molecule has 2 aliphatic heterocycles. The van der Waals surface area contributed by atoms with Crippen molar-refractivity contribution in [2.45, 2.75) is 13.8 Å². The van der Waals surface area contributed by atoms with E-state index in [2.05, 4.69) is 0 Å². The van der Waals surface area contributed by atoms with Crippen molar-refractivity contribution < 1.29 is 23.9 Å². The lowest BCUT2D eigenvalue weighted by Crippen LogP contribution is -2.32. The number of hydrogen-bond donors (Lipinski definition) is 0. The van der Waals surface area contributed by atoms with Gasteiger partial charge in [-0.25, -0.2) is 9.80 Å². The molecule has 4 rings (SSSR count). The molecule has 0 radical (unpaired) electrons. The second-order valence-electron chi connectivity index (χ2n) is 6.29. The van der Waals surface area contributed by atoms with Gasteiger partial charge in [0.1, 0.15) is 5.75 Å². The van der Waals surface area contributed by atoms with Crippen molar-refractivity contribution in [3.63, 3.8) is 0 Å². The lowest BCUT2D eigenvalue weighted by molar-refractivity contribution is -0.122. The van der Waals surface area contributed by atoms with Gasteiger partial charge in [-0.1, -0.05) is 30.3 Å². The van der Waals surface area contributed by atoms with E-state index in [1.54, 1.807) is 55.5 Å². The Kier molecular flexibility index (Phi) is 4.71. The van der Waals surface area contributed by atoms with E-state index < -0.39 is 23.0 Å². The highest BCUT2D eigenvalue weighted by Crippen LogP contribution is 2.46. The van der Waals surface area contributed by atoms with Crippen LogP contribution in [0.15, 0.2) is 53.4 Å². The van der Waals surface area contributed by atoms with Crippen LogP contribution in [0.2, 0.25) is 0 Å². The van der Waals surface area contributed by atoms with Crippen LogP contribution in [-0.4, -0.2) is 29.6 Å². The molecule has 0 N–H and O–H groups in total. The Bertz CT molecular complexity index is 1110. The fourth-order valence-corrected chi connectivity index (χ4v) is 4.32. The monoisotopic (exact) mass is 408 g/mol. The van der Waals surface area contributed by atoms with Gasteiger partial charge >= 0.3 is 0 Å². The summed E-state index contributed by atoms with van der Waals surface area (Å²) in [6, 6.07) is 13.4. The van der Waals surface area contributed by atoms with Gasteiger partial charge in [0.2, 0.25) is 5.91 Å². The summed E-state index contributed by atoms with van der Waals surface area (Å²) < 4.78 is 5.54. The highest BCUT2D eigenvalue weighted by molar-refractivity contribution is 8.19. The average Bonchev–Trinajstić information content (AvgIpc) is 3.15. The Morgan fingerprint density at radius 3 is 2.31 bits per heavy atom. The molecule has 2 aromatic carbocycles. The summed E-state index contributed by atoms with van der Waals surface area (Å²) in [6.07, 6.45) is 0. The minimum absolute atomic E-state index is 0.00232. The highest BCUT2D eigenvalue weighted by Gasteiger charge is 2.45. The first-order valence-corrected chi connectivity index (χ1v) is 9.74. The molecule has 8 heteroatoms. The highest BCUT2D eigenvalue weighted by atomic mass is 32.2. The quantitative estimate of drug-likeness (QED) is 0.722. The topological polar surface area (TPSA) is 84.0 Å². The molecular formula is C21H16N2O5S. The van der Waals surface area contributed by atoms with Gasteiger partial charge in [0, 0.05) is 12.5 Å². The third kappa shape index (κ3) is 2.92. The van der Waals surface area contributed by atoms with Crippen LogP contribution in [0, 0.1) is 0 Å². The molecule has 29 heavy (non-hydrogen) atoms. The van der Waals surface area contributed by atoms with E-state index >= 15 is 0 Å². The molecule has 0 atom stereocenters. The molecule has 146 valence electrons. The number of benzene rings is 2. The zero-order chi connectivity index (χ0) is 20.7. The number of carbonyl (C=O) groups is 4. The van der Waals surface area contributed by atoms with Crippen molar-refractivity contribution in [3.05, 3.63) is 59.0 Å². The van der Waals surface area contributed by atoms with Crippen LogP contribution < -0.4 is 14.5 Å². The van der Waals surface area contributed by atoms with Crippen LogP contribution in [0.1, 0.15) is 19.4 Å². The summed E-state index contributed by atoms with van der Waals surface area (Å²) in [7, 11) is 0. The maximum absolute atomic E-state index is 13.2. The van der Waals surface area contributed by atoms with E-state index in [1.165, 1.54) is 6.92 Å². The number of hydrogen-bond acceptors (Lipinski definition) is 6. The van der Waals surface area contributed by atoms with Crippen LogP contribution in [0.5, 0.6) is 5.75 Å². The van der Waals surface area contributed by atoms with Crippen LogP contribution >= 0.6 is 11.8 Å². The van der Waals surface area contributed by atoms with Crippen molar-refractivity contribution in [3.8, 4) is 5.75 Å². The first kappa shape index (κ1) is 18.9. The van der Waals surface area contributed by atoms with Crippen molar-refractivity contribution in [1.29, 1.82) is 0 Å². The maximum atomic E-state index is 13.2. The maximum Gasteiger partial charge on any atom is 0.298 e. The van der Waals surface area contributed by atoms with E-state index in [4.69, 9.17) is 4.74 Å². The molecule has 4 amide bonds. The van der Waals surface area contributed by atoms with Crippen LogP contribution in [0.4, 0.5) is 16.2 Å². The smallest absolute Gasteiger partial charge is 0.298 e. The number of nitrogens with zero attached hydrogens (tertiary/aromatic N) is 2. The number of anilines is 2. The van der Waals surface area contributed by atoms with E-state index in [0.29, 0.717) is 41.1 Å². The first-order valence-electron chi connectivity index (χ1n) is 8.92. The Hall–Kier alpha value is -3.39. The van der Waals surface area contributed by atoms with Crippen LogP contribution in [0.3, 0.4) is 0 Å². The molecule has 0 aromatic heterocycles. The minimum Gasteiger partial charge on any atom is -0.492 e. The number of para-hydroxylation sites is 3. The summed E-state index contributed by atoms with van der Waals surface area (Å²) in [4.78, 5) is 53.0. The Balaban J connectivity index is 1.85. The molecule has 0 unspecified atom stereocenters. The Morgan fingerprint density at radius 1 is 0.966 bits per heavy atom. The third-order valence-electron chi connectivity index (χ3n) is 4.55. The molecule has 7 nitrogen and oxygen atoms in total. The van der Waals surface area contributed by atoms with Crippen LogP contribution in [-0.2, 0) is 14.4 Å². The zero-order valence-electron chi connectivity index (χ0n) is 15.7. The van der Waals surface area contributed by atoms with E-state index in [9.17, 15) is 19.2 Å². The van der Waals surface area contributed by atoms with Gasteiger partial charge in [-0.15, -0.1) is 0 Å². The molecule has 2 aliphatic rings. The minimum atomic E-state index is -0.615.